The zero-order valence-corrected chi connectivity index (χ0v) is 12.5. The third-order valence-corrected chi connectivity index (χ3v) is 3.18. The second kappa shape index (κ2) is 6.26. The predicted molar refractivity (Wildman–Crippen MR) is 79.8 cm³/mol. The smallest absolute Gasteiger partial charge is 0.203 e. The number of hydrogen-bond donors (Lipinski definition) is 1. The van der Waals surface area contributed by atoms with Gasteiger partial charge < -0.3 is 24.1 Å². The highest BCUT2D eigenvalue weighted by atomic mass is 16.5. The Bertz CT molecular complexity index is 637. The summed E-state index contributed by atoms with van der Waals surface area (Å²) >= 11 is 0. The van der Waals surface area contributed by atoms with Gasteiger partial charge >= 0.3 is 0 Å². The van der Waals surface area contributed by atoms with Crippen molar-refractivity contribution in [2.45, 2.75) is 0 Å². The maximum Gasteiger partial charge on any atom is 0.203 e. The Morgan fingerprint density at radius 3 is 1.86 bits per heavy atom. The summed E-state index contributed by atoms with van der Waals surface area (Å²) in [5.41, 5.74) is 1.65. The first-order chi connectivity index (χ1) is 10.1. The fraction of sp³-hybridized carbons (Fsp3) is 0.250. The van der Waals surface area contributed by atoms with Crippen LogP contribution in [-0.2, 0) is 0 Å². The van der Waals surface area contributed by atoms with Crippen LogP contribution in [0.3, 0.4) is 0 Å². The molecule has 2 aromatic rings. The highest BCUT2D eigenvalue weighted by Gasteiger charge is 2.14. The molecule has 0 aromatic heterocycles. The van der Waals surface area contributed by atoms with Gasteiger partial charge in [0.15, 0.2) is 23.0 Å². The van der Waals surface area contributed by atoms with Crippen molar-refractivity contribution >= 4 is 0 Å². The normalized spacial score (nSPS) is 10.1. The van der Waals surface area contributed by atoms with Crippen LogP contribution in [-0.4, -0.2) is 33.5 Å². The molecule has 5 nitrogen and oxygen atoms in total. The minimum absolute atomic E-state index is 0.0154. The van der Waals surface area contributed by atoms with Gasteiger partial charge in [0.25, 0.3) is 0 Å². The number of aromatic hydroxyl groups is 1. The third kappa shape index (κ3) is 2.81. The van der Waals surface area contributed by atoms with E-state index in [4.69, 9.17) is 18.9 Å². The van der Waals surface area contributed by atoms with Crippen LogP contribution in [0.1, 0.15) is 0 Å². The van der Waals surface area contributed by atoms with Gasteiger partial charge in [0, 0.05) is 0 Å². The van der Waals surface area contributed by atoms with E-state index < -0.39 is 0 Å². The maximum absolute atomic E-state index is 10.0. The van der Waals surface area contributed by atoms with E-state index in [-0.39, 0.29) is 5.75 Å². The molecule has 0 bridgehead atoms. The highest BCUT2D eigenvalue weighted by molar-refractivity contribution is 5.72. The second-order valence-corrected chi connectivity index (χ2v) is 4.30. The van der Waals surface area contributed by atoms with E-state index in [9.17, 15) is 5.11 Å². The standard InChI is InChI=1S/C16H18O5/c1-18-13-6-5-10(8-14(13)19-2)11-7-12(17)16(21-4)15(9-11)20-3/h5-9,17H,1-4H3. The molecule has 0 aliphatic rings. The molecule has 21 heavy (non-hydrogen) atoms. The Labute approximate surface area is 123 Å². The first-order valence-corrected chi connectivity index (χ1v) is 6.32. The van der Waals surface area contributed by atoms with Gasteiger partial charge in [0.05, 0.1) is 28.4 Å². The van der Waals surface area contributed by atoms with Crippen molar-refractivity contribution in [2.24, 2.45) is 0 Å². The summed E-state index contributed by atoms with van der Waals surface area (Å²) < 4.78 is 20.9. The topological polar surface area (TPSA) is 57.2 Å². The number of rotatable bonds is 5. The molecule has 0 aliphatic carbocycles. The van der Waals surface area contributed by atoms with Crippen LogP contribution >= 0.6 is 0 Å². The van der Waals surface area contributed by atoms with E-state index in [0.29, 0.717) is 23.0 Å². The van der Waals surface area contributed by atoms with E-state index in [0.717, 1.165) is 11.1 Å². The second-order valence-electron chi connectivity index (χ2n) is 4.30. The van der Waals surface area contributed by atoms with Crippen molar-refractivity contribution < 1.29 is 24.1 Å². The Kier molecular flexibility index (Phi) is 4.42. The third-order valence-electron chi connectivity index (χ3n) is 3.18. The number of ether oxygens (including phenoxy) is 4. The van der Waals surface area contributed by atoms with Gasteiger partial charge in [-0.1, -0.05) is 6.07 Å². The minimum atomic E-state index is 0.0154. The van der Waals surface area contributed by atoms with E-state index >= 15 is 0 Å². The molecule has 0 saturated heterocycles. The molecule has 0 radical (unpaired) electrons. The Balaban J connectivity index is 2.54. The predicted octanol–water partition coefficient (Wildman–Crippen LogP) is 3.09. The van der Waals surface area contributed by atoms with Crippen molar-refractivity contribution in [3.05, 3.63) is 30.3 Å². The molecule has 0 aliphatic heterocycles. The van der Waals surface area contributed by atoms with Crippen LogP contribution in [0.2, 0.25) is 0 Å². The van der Waals surface area contributed by atoms with Gasteiger partial charge in [-0.15, -0.1) is 0 Å². The molecule has 1 N–H and O–H groups in total. The Morgan fingerprint density at radius 1 is 0.667 bits per heavy atom. The van der Waals surface area contributed by atoms with Crippen LogP contribution in [0.15, 0.2) is 30.3 Å². The fourth-order valence-corrected chi connectivity index (χ4v) is 2.13. The molecule has 112 valence electrons. The average molecular weight is 290 g/mol. The summed E-state index contributed by atoms with van der Waals surface area (Å²) in [5, 5.41) is 10.0. The van der Waals surface area contributed by atoms with Crippen LogP contribution in [0, 0.1) is 0 Å². The van der Waals surface area contributed by atoms with Crippen molar-refractivity contribution in [2.75, 3.05) is 28.4 Å². The van der Waals surface area contributed by atoms with Crippen molar-refractivity contribution in [3.8, 4) is 39.9 Å². The number of methoxy groups -OCH3 is 4. The highest BCUT2D eigenvalue weighted by Crippen LogP contribution is 2.41. The van der Waals surface area contributed by atoms with Crippen molar-refractivity contribution in [1.29, 1.82) is 0 Å². The summed E-state index contributed by atoms with van der Waals surface area (Å²) in [5.74, 6) is 2.04. The molecular weight excluding hydrogens is 272 g/mol. The van der Waals surface area contributed by atoms with E-state index in [1.807, 2.05) is 18.2 Å². The summed E-state index contributed by atoms with van der Waals surface area (Å²) in [6, 6.07) is 8.92. The lowest BCUT2D eigenvalue weighted by Gasteiger charge is -2.13. The molecule has 0 heterocycles. The minimum Gasteiger partial charge on any atom is -0.504 e. The van der Waals surface area contributed by atoms with Gasteiger partial charge in [0.2, 0.25) is 5.75 Å². The Morgan fingerprint density at radius 2 is 1.29 bits per heavy atom. The molecule has 0 unspecified atom stereocenters. The summed E-state index contributed by atoms with van der Waals surface area (Å²) in [6.07, 6.45) is 0. The van der Waals surface area contributed by atoms with E-state index in [1.54, 1.807) is 26.4 Å². The monoisotopic (exact) mass is 290 g/mol. The summed E-state index contributed by atoms with van der Waals surface area (Å²) in [7, 11) is 6.16. The van der Waals surface area contributed by atoms with Crippen LogP contribution in [0.5, 0.6) is 28.7 Å². The molecule has 2 rings (SSSR count). The van der Waals surface area contributed by atoms with Gasteiger partial charge in [-0.2, -0.15) is 0 Å². The first kappa shape index (κ1) is 14.8. The molecule has 5 heteroatoms. The largest absolute Gasteiger partial charge is 0.504 e. The molecule has 0 amide bonds. The number of benzene rings is 2. The molecule has 2 aromatic carbocycles. The maximum atomic E-state index is 10.0. The van der Waals surface area contributed by atoms with Gasteiger partial charge in [-0.3, -0.25) is 0 Å². The van der Waals surface area contributed by atoms with Gasteiger partial charge in [0.1, 0.15) is 0 Å². The number of phenols is 1. The van der Waals surface area contributed by atoms with Crippen molar-refractivity contribution in [3.63, 3.8) is 0 Å². The van der Waals surface area contributed by atoms with E-state index in [2.05, 4.69) is 0 Å². The van der Waals surface area contributed by atoms with Crippen LogP contribution < -0.4 is 18.9 Å². The first-order valence-electron chi connectivity index (χ1n) is 6.32. The lowest BCUT2D eigenvalue weighted by atomic mass is 10.0. The fourth-order valence-electron chi connectivity index (χ4n) is 2.13. The van der Waals surface area contributed by atoms with Gasteiger partial charge in [-0.25, -0.2) is 0 Å². The zero-order valence-electron chi connectivity index (χ0n) is 12.5. The number of phenolic OH excluding ortho intramolecular Hbond substituents is 1. The van der Waals surface area contributed by atoms with Crippen LogP contribution in [0.4, 0.5) is 0 Å². The molecule has 0 spiro atoms. The number of hydrogen-bond acceptors (Lipinski definition) is 5. The van der Waals surface area contributed by atoms with Crippen LogP contribution in [0.25, 0.3) is 11.1 Å². The molecule has 0 atom stereocenters. The zero-order chi connectivity index (χ0) is 15.4. The van der Waals surface area contributed by atoms with Gasteiger partial charge in [-0.05, 0) is 35.4 Å². The lowest BCUT2D eigenvalue weighted by molar-refractivity contribution is 0.333. The SMILES string of the molecule is COc1ccc(-c2cc(O)c(OC)c(OC)c2)cc1OC. The Hall–Kier alpha value is -2.56. The molecule has 0 fully saturated rings. The summed E-state index contributed by atoms with van der Waals surface area (Å²) in [4.78, 5) is 0. The lowest BCUT2D eigenvalue weighted by Crippen LogP contribution is -1.93. The molecular formula is C16H18O5. The quantitative estimate of drug-likeness (QED) is 0.917. The molecule has 0 saturated carbocycles. The van der Waals surface area contributed by atoms with Crippen molar-refractivity contribution in [1.82, 2.24) is 0 Å². The van der Waals surface area contributed by atoms with E-state index in [1.165, 1.54) is 14.2 Å². The summed E-state index contributed by atoms with van der Waals surface area (Å²) in [6.45, 7) is 0. The average Bonchev–Trinajstić information content (AvgIpc) is 2.53.